The van der Waals surface area contributed by atoms with Gasteiger partial charge in [-0.1, -0.05) is 0 Å². The van der Waals surface area contributed by atoms with E-state index in [1.54, 1.807) is 20.8 Å². The summed E-state index contributed by atoms with van der Waals surface area (Å²) in [6.45, 7) is 9.16. The van der Waals surface area contributed by atoms with Crippen molar-refractivity contribution in [2.75, 3.05) is 13.2 Å². The highest BCUT2D eigenvalue weighted by Crippen LogP contribution is 2.06. The predicted molar refractivity (Wildman–Crippen MR) is 68.2 cm³/mol. The van der Waals surface area contributed by atoms with Crippen LogP contribution in [0, 0.1) is 0 Å². The molecule has 18 heavy (non-hydrogen) atoms. The summed E-state index contributed by atoms with van der Waals surface area (Å²) in [5.41, 5.74) is -1.06. The Balaban J connectivity index is 3.89. The molecular formula is C12H24N2O4. The fourth-order valence-corrected chi connectivity index (χ4v) is 1.05. The highest BCUT2D eigenvalue weighted by atomic mass is 16.6. The summed E-state index contributed by atoms with van der Waals surface area (Å²) in [6, 6.07) is 0. The van der Waals surface area contributed by atoms with Crippen molar-refractivity contribution in [1.82, 2.24) is 10.6 Å². The molecule has 0 aliphatic heterocycles. The van der Waals surface area contributed by atoms with E-state index in [2.05, 4.69) is 10.6 Å². The second-order valence-electron chi connectivity index (χ2n) is 5.77. The zero-order valence-corrected chi connectivity index (χ0v) is 11.8. The number of aliphatic hydroxyl groups is 1. The van der Waals surface area contributed by atoms with Gasteiger partial charge in [-0.25, -0.2) is 4.79 Å². The molecular weight excluding hydrogens is 236 g/mol. The van der Waals surface area contributed by atoms with Crippen molar-refractivity contribution >= 4 is 12.0 Å². The Hall–Kier alpha value is -1.14. The van der Waals surface area contributed by atoms with E-state index in [1.807, 2.05) is 13.8 Å². The van der Waals surface area contributed by atoms with Crippen molar-refractivity contribution in [1.29, 1.82) is 0 Å². The van der Waals surface area contributed by atoms with Gasteiger partial charge in [0, 0.05) is 18.5 Å². The van der Waals surface area contributed by atoms with Crippen LogP contribution >= 0.6 is 0 Å². The molecule has 0 saturated carbocycles. The summed E-state index contributed by atoms with van der Waals surface area (Å²) in [5.74, 6) is -0.412. The molecule has 0 aliphatic carbocycles. The molecule has 0 aliphatic rings. The molecule has 0 bridgehead atoms. The number of hydrogen-bond donors (Lipinski definition) is 3. The molecule has 6 heteroatoms. The number of carbonyl (C=O) groups excluding carboxylic acids is 2. The van der Waals surface area contributed by atoms with Crippen LogP contribution < -0.4 is 10.6 Å². The van der Waals surface area contributed by atoms with Gasteiger partial charge in [0.05, 0.1) is 6.61 Å². The normalized spacial score (nSPS) is 12.1. The highest BCUT2D eigenvalue weighted by Gasteiger charge is 2.19. The van der Waals surface area contributed by atoms with Crippen LogP contribution in [-0.2, 0) is 9.53 Å². The van der Waals surface area contributed by atoms with Crippen LogP contribution in [0.15, 0.2) is 0 Å². The third-order valence-electron chi connectivity index (χ3n) is 1.99. The molecule has 0 spiro atoms. The Morgan fingerprint density at radius 3 is 2.17 bits per heavy atom. The van der Waals surface area contributed by atoms with Crippen molar-refractivity contribution in [2.45, 2.75) is 52.2 Å². The second-order valence-corrected chi connectivity index (χ2v) is 5.77. The number of amides is 2. The van der Waals surface area contributed by atoms with Crippen LogP contribution in [0.25, 0.3) is 0 Å². The predicted octanol–water partition coefficient (Wildman–Crippen LogP) is 0.788. The third kappa shape index (κ3) is 8.95. The summed E-state index contributed by atoms with van der Waals surface area (Å²) in [7, 11) is 0. The zero-order valence-electron chi connectivity index (χ0n) is 11.8. The Bertz CT molecular complexity index is 295. The standard InChI is InChI=1S/C12H24N2O4/c1-11(2,3)18-10(17)14-9(16)6-7-13-12(4,5)8-15/h13,15H,6-8H2,1-5H3,(H,14,16,17). The van der Waals surface area contributed by atoms with E-state index >= 15 is 0 Å². The summed E-state index contributed by atoms with van der Waals surface area (Å²) in [4.78, 5) is 22.7. The molecule has 0 aromatic carbocycles. The van der Waals surface area contributed by atoms with Crippen LogP contribution in [0.4, 0.5) is 4.79 Å². The Labute approximate surface area is 108 Å². The van der Waals surface area contributed by atoms with Crippen molar-refractivity contribution in [2.24, 2.45) is 0 Å². The average Bonchev–Trinajstić information content (AvgIpc) is 2.13. The molecule has 0 rings (SSSR count). The van der Waals surface area contributed by atoms with E-state index in [0.717, 1.165) is 0 Å². The summed E-state index contributed by atoms with van der Waals surface area (Å²) < 4.78 is 4.95. The van der Waals surface area contributed by atoms with E-state index in [0.29, 0.717) is 6.54 Å². The summed E-state index contributed by atoms with van der Waals surface area (Å²) in [6.07, 6.45) is -0.600. The minimum absolute atomic E-state index is 0.0271. The Morgan fingerprint density at radius 1 is 1.17 bits per heavy atom. The zero-order chi connectivity index (χ0) is 14.4. The minimum Gasteiger partial charge on any atom is -0.444 e. The molecule has 0 unspecified atom stereocenters. The molecule has 0 aromatic rings. The van der Waals surface area contributed by atoms with E-state index < -0.39 is 23.1 Å². The summed E-state index contributed by atoms with van der Waals surface area (Å²) in [5, 5.41) is 14.1. The van der Waals surface area contributed by atoms with Crippen molar-refractivity contribution in [3.8, 4) is 0 Å². The molecule has 106 valence electrons. The lowest BCUT2D eigenvalue weighted by molar-refractivity contribution is -0.120. The number of aliphatic hydroxyl groups excluding tert-OH is 1. The number of hydrogen-bond acceptors (Lipinski definition) is 5. The van der Waals surface area contributed by atoms with Crippen LogP contribution in [0.1, 0.15) is 41.0 Å². The lowest BCUT2D eigenvalue weighted by Gasteiger charge is -2.23. The molecule has 0 heterocycles. The first kappa shape index (κ1) is 16.9. The molecule has 0 aromatic heterocycles. The fraction of sp³-hybridized carbons (Fsp3) is 0.833. The molecule has 0 radical (unpaired) electrons. The Morgan fingerprint density at radius 2 is 1.72 bits per heavy atom. The van der Waals surface area contributed by atoms with Crippen molar-refractivity contribution in [3.05, 3.63) is 0 Å². The maximum absolute atomic E-state index is 11.4. The van der Waals surface area contributed by atoms with Gasteiger partial charge < -0.3 is 15.2 Å². The average molecular weight is 260 g/mol. The number of nitrogens with one attached hydrogen (secondary N) is 2. The first-order chi connectivity index (χ1) is 8.06. The second kappa shape index (κ2) is 6.70. The summed E-state index contributed by atoms with van der Waals surface area (Å²) >= 11 is 0. The quantitative estimate of drug-likeness (QED) is 0.680. The van der Waals surface area contributed by atoms with E-state index in [9.17, 15) is 9.59 Å². The van der Waals surface area contributed by atoms with Gasteiger partial charge in [-0.3, -0.25) is 10.1 Å². The van der Waals surface area contributed by atoms with E-state index in [4.69, 9.17) is 9.84 Å². The molecule has 0 fully saturated rings. The number of ether oxygens (including phenoxy) is 1. The maximum Gasteiger partial charge on any atom is 0.414 e. The highest BCUT2D eigenvalue weighted by molar-refractivity contribution is 5.91. The topological polar surface area (TPSA) is 87.7 Å². The van der Waals surface area contributed by atoms with Gasteiger partial charge in [0.15, 0.2) is 0 Å². The first-order valence-electron chi connectivity index (χ1n) is 5.94. The van der Waals surface area contributed by atoms with Gasteiger partial charge in [0.1, 0.15) is 5.60 Å². The van der Waals surface area contributed by atoms with Gasteiger partial charge >= 0.3 is 6.09 Å². The maximum atomic E-state index is 11.4. The Kier molecular flexibility index (Phi) is 6.28. The van der Waals surface area contributed by atoms with Crippen molar-refractivity contribution < 1.29 is 19.4 Å². The van der Waals surface area contributed by atoms with E-state index in [-0.39, 0.29) is 13.0 Å². The number of rotatable bonds is 5. The third-order valence-corrected chi connectivity index (χ3v) is 1.99. The van der Waals surface area contributed by atoms with Crippen molar-refractivity contribution in [3.63, 3.8) is 0 Å². The van der Waals surface area contributed by atoms with Crippen LogP contribution in [-0.4, -0.2) is 41.4 Å². The number of carbonyl (C=O) groups is 2. The fourth-order valence-electron chi connectivity index (χ4n) is 1.05. The lowest BCUT2D eigenvalue weighted by atomic mass is 10.1. The van der Waals surface area contributed by atoms with Crippen LogP contribution in [0.2, 0.25) is 0 Å². The van der Waals surface area contributed by atoms with Gasteiger partial charge in [-0.2, -0.15) is 0 Å². The number of alkyl carbamates (subject to hydrolysis) is 1. The van der Waals surface area contributed by atoms with Crippen LogP contribution in [0.3, 0.4) is 0 Å². The van der Waals surface area contributed by atoms with E-state index in [1.165, 1.54) is 0 Å². The number of imide groups is 1. The smallest absolute Gasteiger partial charge is 0.414 e. The van der Waals surface area contributed by atoms with Gasteiger partial charge in [-0.15, -0.1) is 0 Å². The molecule has 6 nitrogen and oxygen atoms in total. The van der Waals surface area contributed by atoms with Gasteiger partial charge in [0.25, 0.3) is 0 Å². The SMILES string of the molecule is CC(C)(CO)NCCC(=O)NC(=O)OC(C)(C)C. The largest absolute Gasteiger partial charge is 0.444 e. The van der Waals surface area contributed by atoms with Gasteiger partial charge in [-0.05, 0) is 34.6 Å². The van der Waals surface area contributed by atoms with Crippen LogP contribution in [0.5, 0.6) is 0 Å². The minimum atomic E-state index is -0.742. The monoisotopic (exact) mass is 260 g/mol. The molecule has 0 atom stereocenters. The van der Waals surface area contributed by atoms with Gasteiger partial charge in [0.2, 0.25) is 5.91 Å². The molecule has 3 N–H and O–H groups in total. The first-order valence-corrected chi connectivity index (χ1v) is 5.94. The molecule has 2 amide bonds. The lowest BCUT2D eigenvalue weighted by Crippen LogP contribution is -2.44. The molecule has 0 saturated heterocycles.